The number of nitrogens with zero attached hydrogens (tertiary/aromatic N) is 1. The summed E-state index contributed by atoms with van der Waals surface area (Å²) >= 11 is 0. The van der Waals surface area contributed by atoms with Gasteiger partial charge in [0.1, 0.15) is 12.8 Å². The molecule has 0 N–H and O–H groups in total. The van der Waals surface area contributed by atoms with Crippen molar-refractivity contribution in [1.29, 1.82) is 0 Å². The maximum absolute atomic E-state index is 10.5. The molecule has 3 nitrogen and oxygen atoms in total. The first-order chi connectivity index (χ1) is 5.88. The molecule has 0 unspecified atom stereocenters. The summed E-state index contributed by atoms with van der Waals surface area (Å²) in [4.78, 5) is 15.0. The van der Waals surface area contributed by atoms with E-state index in [-0.39, 0.29) is 0 Å². The highest BCUT2D eigenvalue weighted by Gasteiger charge is 1.99. The van der Waals surface area contributed by atoms with E-state index >= 15 is 0 Å². The summed E-state index contributed by atoms with van der Waals surface area (Å²) in [5, 5.41) is 3.56. The Morgan fingerprint density at radius 1 is 1.42 bits per heavy atom. The summed E-state index contributed by atoms with van der Waals surface area (Å²) in [7, 11) is 1.41. The van der Waals surface area contributed by atoms with E-state index in [0.29, 0.717) is 12.0 Å². The number of oxime groups is 1. The van der Waals surface area contributed by atoms with E-state index in [4.69, 9.17) is 0 Å². The normalized spacial score (nSPS) is 10.9. The van der Waals surface area contributed by atoms with E-state index in [9.17, 15) is 4.79 Å². The average Bonchev–Trinajstić information content (AvgIpc) is 2.15. The molecule has 0 spiro atoms. The summed E-state index contributed by atoms with van der Waals surface area (Å²) in [6.45, 7) is 0. The predicted molar refractivity (Wildman–Crippen MR) is 46.1 cm³/mol. The van der Waals surface area contributed by atoms with Gasteiger partial charge in [-0.15, -0.1) is 0 Å². The predicted octanol–water partition coefficient (Wildman–Crippen LogP) is 1.24. The van der Waals surface area contributed by atoms with Gasteiger partial charge in [0.2, 0.25) is 0 Å². The minimum absolute atomic E-state index is 0.304. The zero-order chi connectivity index (χ0) is 8.81. The van der Waals surface area contributed by atoms with Gasteiger partial charge in [-0.2, -0.15) is 0 Å². The van der Waals surface area contributed by atoms with Crippen molar-refractivity contribution in [1.82, 2.24) is 0 Å². The van der Waals surface area contributed by atoms with Crippen molar-refractivity contribution in [3.63, 3.8) is 0 Å². The number of carbonyl (C=O) groups excluding carboxylic acids is 1. The Balaban J connectivity index is 2.96. The zero-order valence-electron chi connectivity index (χ0n) is 6.73. The lowest BCUT2D eigenvalue weighted by Crippen LogP contribution is -2.01. The van der Waals surface area contributed by atoms with E-state index in [0.717, 1.165) is 5.56 Å². The van der Waals surface area contributed by atoms with Crippen LogP contribution in [0.1, 0.15) is 5.56 Å². The van der Waals surface area contributed by atoms with Crippen molar-refractivity contribution in [2.75, 3.05) is 7.11 Å². The van der Waals surface area contributed by atoms with Crippen LogP contribution in [-0.4, -0.2) is 19.1 Å². The fourth-order valence-electron chi connectivity index (χ4n) is 0.850. The fourth-order valence-corrected chi connectivity index (χ4v) is 0.850. The highest BCUT2D eigenvalue weighted by molar-refractivity contribution is 6.36. The molecule has 0 fully saturated rings. The van der Waals surface area contributed by atoms with Crippen molar-refractivity contribution in [2.24, 2.45) is 5.16 Å². The smallest absolute Gasteiger partial charge is 0.172 e. The molecule has 1 aromatic rings. The quantitative estimate of drug-likeness (QED) is 0.382. The van der Waals surface area contributed by atoms with Crippen molar-refractivity contribution in [2.45, 2.75) is 0 Å². The van der Waals surface area contributed by atoms with Crippen molar-refractivity contribution < 1.29 is 9.63 Å². The highest BCUT2D eigenvalue weighted by atomic mass is 16.6. The molecule has 0 aliphatic carbocycles. The van der Waals surface area contributed by atoms with Crippen LogP contribution in [0, 0.1) is 0 Å². The van der Waals surface area contributed by atoms with E-state index in [2.05, 4.69) is 9.99 Å². The molecule has 0 saturated heterocycles. The minimum atomic E-state index is 0.304. The lowest BCUT2D eigenvalue weighted by Gasteiger charge is -1.96. The van der Waals surface area contributed by atoms with Gasteiger partial charge in [0.05, 0.1) is 0 Å². The number of rotatable bonds is 3. The van der Waals surface area contributed by atoms with Gasteiger partial charge < -0.3 is 4.84 Å². The van der Waals surface area contributed by atoms with Crippen LogP contribution in [0.4, 0.5) is 0 Å². The number of benzene rings is 1. The van der Waals surface area contributed by atoms with Crippen LogP contribution in [0.25, 0.3) is 0 Å². The van der Waals surface area contributed by atoms with Crippen molar-refractivity contribution >= 4 is 12.0 Å². The third-order valence-corrected chi connectivity index (χ3v) is 1.37. The fraction of sp³-hybridized carbons (Fsp3) is 0.111. The van der Waals surface area contributed by atoms with Gasteiger partial charge in [-0.05, 0) is 0 Å². The summed E-state index contributed by atoms with van der Waals surface area (Å²) in [6, 6.07) is 9.14. The molecule has 0 radical (unpaired) electrons. The summed E-state index contributed by atoms with van der Waals surface area (Å²) < 4.78 is 0. The molecule has 3 heteroatoms. The standard InChI is InChI=1S/C9H9NO2/c1-12-10-9(7-11)8-5-3-2-4-6-8/h2-7H,1H3/b10-9+. The van der Waals surface area contributed by atoms with Crippen molar-refractivity contribution in [3.8, 4) is 0 Å². The number of aldehydes is 1. The molecule has 0 heterocycles. The average molecular weight is 163 g/mol. The third-order valence-electron chi connectivity index (χ3n) is 1.37. The Labute approximate surface area is 70.7 Å². The molecule has 0 saturated carbocycles. The Bertz CT molecular complexity index is 280. The molecular formula is C9H9NO2. The second-order valence-electron chi connectivity index (χ2n) is 2.14. The van der Waals surface area contributed by atoms with Gasteiger partial charge in [0.15, 0.2) is 6.29 Å². The van der Waals surface area contributed by atoms with Crippen LogP contribution >= 0.6 is 0 Å². The van der Waals surface area contributed by atoms with E-state index < -0.39 is 0 Å². The summed E-state index contributed by atoms with van der Waals surface area (Å²) in [5.41, 5.74) is 1.06. The Morgan fingerprint density at radius 3 is 2.58 bits per heavy atom. The van der Waals surface area contributed by atoms with E-state index in [1.165, 1.54) is 7.11 Å². The van der Waals surface area contributed by atoms with E-state index in [1.54, 1.807) is 12.1 Å². The van der Waals surface area contributed by atoms with Gasteiger partial charge in [-0.3, -0.25) is 4.79 Å². The molecule has 0 aliphatic heterocycles. The monoisotopic (exact) mass is 163 g/mol. The third kappa shape index (κ3) is 1.92. The van der Waals surface area contributed by atoms with Gasteiger partial charge in [-0.25, -0.2) is 0 Å². The van der Waals surface area contributed by atoms with E-state index in [1.807, 2.05) is 18.2 Å². The molecule has 1 aromatic carbocycles. The van der Waals surface area contributed by atoms with Crippen LogP contribution in [-0.2, 0) is 9.63 Å². The van der Waals surface area contributed by atoms with Gasteiger partial charge in [0.25, 0.3) is 0 Å². The molecule has 62 valence electrons. The number of hydrogen-bond donors (Lipinski definition) is 0. The van der Waals surface area contributed by atoms with Crippen LogP contribution in [0.3, 0.4) is 0 Å². The molecule has 1 rings (SSSR count). The lowest BCUT2D eigenvalue weighted by molar-refractivity contribution is -0.102. The first-order valence-electron chi connectivity index (χ1n) is 3.50. The minimum Gasteiger partial charge on any atom is -0.399 e. The molecule has 0 aliphatic rings. The number of carbonyl (C=O) groups is 1. The number of hydrogen-bond acceptors (Lipinski definition) is 3. The summed E-state index contributed by atoms with van der Waals surface area (Å²) in [6.07, 6.45) is 0.666. The molecule has 0 aromatic heterocycles. The maximum atomic E-state index is 10.5. The highest BCUT2D eigenvalue weighted by Crippen LogP contribution is 1.99. The maximum Gasteiger partial charge on any atom is 0.172 e. The second kappa shape index (κ2) is 4.28. The molecule has 0 amide bonds. The van der Waals surface area contributed by atoms with Gasteiger partial charge in [-0.1, -0.05) is 35.5 Å². The Kier molecular flexibility index (Phi) is 3.02. The largest absolute Gasteiger partial charge is 0.399 e. The second-order valence-corrected chi connectivity index (χ2v) is 2.14. The lowest BCUT2D eigenvalue weighted by atomic mass is 10.1. The molecule has 12 heavy (non-hydrogen) atoms. The topological polar surface area (TPSA) is 38.7 Å². The van der Waals surface area contributed by atoms with Crippen LogP contribution < -0.4 is 0 Å². The molecule has 0 atom stereocenters. The van der Waals surface area contributed by atoms with Crippen molar-refractivity contribution in [3.05, 3.63) is 35.9 Å². The van der Waals surface area contributed by atoms with Gasteiger partial charge >= 0.3 is 0 Å². The van der Waals surface area contributed by atoms with Gasteiger partial charge in [0, 0.05) is 5.56 Å². The van der Waals surface area contributed by atoms with Crippen LogP contribution in [0.5, 0.6) is 0 Å². The first-order valence-corrected chi connectivity index (χ1v) is 3.50. The van der Waals surface area contributed by atoms with Crippen LogP contribution in [0.15, 0.2) is 35.5 Å². The Hall–Kier alpha value is -1.64. The first kappa shape index (κ1) is 8.46. The molecule has 0 bridgehead atoms. The zero-order valence-corrected chi connectivity index (χ0v) is 6.73. The summed E-state index contributed by atoms with van der Waals surface area (Å²) in [5.74, 6) is 0. The molecular weight excluding hydrogens is 154 g/mol. The Morgan fingerprint density at radius 2 is 2.08 bits per heavy atom. The van der Waals surface area contributed by atoms with Crippen LogP contribution in [0.2, 0.25) is 0 Å². The SMILES string of the molecule is CO/N=C(\C=O)c1ccccc1.